The Balaban J connectivity index is 2.00. The van der Waals surface area contributed by atoms with Crippen molar-refractivity contribution >= 4 is 17.7 Å². The highest BCUT2D eigenvalue weighted by Gasteiger charge is 2.19. The Morgan fingerprint density at radius 2 is 1.79 bits per heavy atom. The SMILES string of the molecule is CC(C)c1ccc([C@H](NC(=O)CSc2nnnn2C)C(C)C)cc1. The van der Waals surface area contributed by atoms with E-state index in [0.29, 0.717) is 22.7 Å². The third-order valence-corrected chi connectivity index (χ3v) is 4.87. The van der Waals surface area contributed by atoms with Crippen LogP contribution in [0, 0.1) is 5.92 Å². The van der Waals surface area contributed by atoms with Gasteiger partial charge in [0.05, 0.1) is 11.8 Å². The van der Waals surface area contributed by atoms with E-state index >= 15 is 0 Å². The molecule has 0 aliphatic heterocycles. The maximum absolute atomic E-state index is 12.3. The van der Waals surface area contributed by atoms with Gasteiger partial charge in [0.2, 0.25) is 11.1 Å². The Hall–Kier alpha value is -1.89. The van der Waals surface area contributed by atoms with Crippen LogP contribution in [0.1, 0.15) is 50.8 Å². The molecule has 24 heavy (non-hydrogen) atoms. The maximum atomic E-state index is 12.3. The highest BCUT2D eigenvalue weighted by Crippen LogP contribution is 2.24. The molecule has 0 spiro atoms. The minimum Gasteiger partial charge on any atom is -0.348 e. The molecule has 1 aromatic carbocycles. The topological polar surface area (TPSA) is 72.7 Å². The second-order valence-corrected chi connectivity index (χ2v) is 7.43. The van der Waals surface area contributed by atoms with E-state index in [1.54, 1.807) is 11.7 Å². The van der Waals surface area contributed by atoms with Gasteiger partial charge in [-0.05, 0) is 33.4 Å². The summed E-state index contributed by atoms with van der Waals surface area (Å²) in [7, 11) is 1.76. The van der Waals surface area contributed by atoms with Gasteiger partial charge in [-0.2, -0.15) is 0 Å². The van der Waals surface area contributed by atoms with Crippen molar-refractivity contribution in [2.24, 2.45) is 13.0 Å². The molecule has 130 valence electrons. The molecule has 0 fully saturated rings. The minimum absolute atomic E-state index is 0.00284. The molecule has 0 saturated carbocycles. The zero-order valence-electron chi connectivity index (χ0n) is 14.9. The van der Waals surface area contributed by atoms with E-state index in [0.717, 1.165) is 5.56 Å². The van der Waals surface area contributed by atoms with Crippen LogP contribution in [-0.2, 0) is 11.8 Å². The van der Waals surface area contributed by atoms with Crippen LogP contribution in [0.15, 0.2) is 29.4 Å². The molecule has 1 atom stereocenters. The number of rotatable bonds is 7. The number of amides is 1. The number of nitrogens with zero attached hydrogens (tertiary/aromatic N) is 4. The van der Waals surface area contributed by atoms with Crippen LogP contribution in [0.2, 0.25) is 0 Å². The predicted octanol–water partition coefficient (Wildman–Crippen LogP) is 2.94. The largest absolute Gasteiger partial charge is 0.348 e. The van der Waals surface area contributed by atoms with Gasteiger partial charge in [0.25, 0.3) is 0 Å². The molecular weight excluding hydrogens is 322 g/mol. The zero-order valence-corrected chi connectivity index (χ0v) is 15.7. The fraction of sp³-hybridized carbons (Fsp3) is 0.529. The van der Waals surface area contributed by atoms with Gasteiger partial charge in [-0.1, -0.05) is 63.7 Å². The Morgan fingerprint density at radius 1 is 1.17 bits per heavy atom. The molecule has 1 amide bonds. The van der Waals surface area contributed by atoms with E-state index in [1.165, 1.54) is 17.3 Å². The molecule has 0 aliphatic rings. The Bertz CT molecular complexity index is 666. The molecule has 0 aliphatic carbocycles. The van der Waals surface area contributed by atoms with Crippen LogP contribution in [0.5, 0.6) is 0 Å². The number of hydrogen-bond donors (Lipinski definition) is 1. The first-order chi connectivity index (χ1) is 11.4. The van der Waals surface area contributed by atoms with Crippen molar-refractivity contribution in [2.45, 2.75) is 44.8 Å². The van der Waals surface area contributed by atoms with E-state index in [1.807, 2.05) is 0 Å². The molecule has 1 heterocycles. The molecule has 0 saturated heterocycles. The van der Waals surface area contributed by atoms with Gasteiger partial charge in [-0.3, -0.25) is 4.79 Å². The highest BCUT2D eigenvalue weighted by molar-refractivity contribution is 7.99. The number of thioether (sulfide) groups is 1. The van der Waals surface area contributed by atoms with Gasteiger partial charge in [-0.15, -0.1) is 5.10 Å². The highest BCUT2D eigenvalue weighted by atomic mass is 32.2. The van der Waals surface area contributed by atoms with Crippen molar-refractivity contribution < 1.29 is 4.79 Å². The number of aromatic nitrogens is 4. The second kappa shape index (κ2) is 8.28. The van der Waals surface area contributed by atoms with Crippen molar-refractivity contribution in [1.82, 2.24) is 25.5 Å². The third-order valence-electron chi connectivity index (χ3n) is 3.86. The third kappa shape index (κ3) is 4.80. The van der Waals surface area contributed by atoms with E-state index in [-0.39, 0.29) is 11.9 Å². The van der Waals surface area contributed by atoms with Crippen molar-refractivity contribution in [2.75, 3.05) is 5.75 Å². The summed E-state index contributed by atoms with van der Waals surface area (Å²) >= 11 is 1.33. The second-order valence-electron chi connectivity index (χ2n) is 6.48. The van der Waals surface area contributed by atoms with Gasteiger partial charge in [0.1, 0.15) is 0 Å². The van der Waals surface area contributed by atoms with Gasteiger partial charge >= 0.3 is 0 Å². The van der Waals surface area contributed by atoms with Crippen LogP contribution in [0.4, 0.5) is 0 Å². The molecule has 0 bridgehead atoms. The van der Waals surface area contributed by atoms with Gasteiger partial charge < -0.3 is 5.32 Å². The lowest BCUT2D eigenvalue weighted by Crippen LogP contribution is -2.33. The number of tetrazole rings is 1. The van der Waals surface area contributed by atoms with Gasteiger partial charge in [0.15, 0.2) is 0 Å². The summed E-state index contributed by atoms with van der Waals surface area (Å²) in [5, 5.41) is 15.0. The van der Waals surface area contributed by atoms with Crippen molar-refractivity contribution in [3.05, 3.63) is 35.4 Å². The molecule has 0 unspecified atom stereocenters. The summed E-state index contributed by atoms with van der Waals surface area (Å²) in [5.41, 5.74) is 2.44. The average molecular weight is 347 g/mol. The van der Waals surface area contributed by atoms with Crippen LogP contribution >= 0.6 is 11.8 Å². The van der Waals surface area contributed by atoms with Crippen molar-refractivity contribution in [3.8, 4) is 0 Å². The first-order valence-electron chi connectivity index (χ1n) is 8.13. The number of hydrogen-bond acceptors (Lipinski definition) is 5. The fourth-order valence-corrected chi connectivity index (χ4v) is 3.07. The average Bonchev–Trinajstić information content (AvgIpc) is 2.95. The summed E-state index contributed by atoms with van der Waals surface area (Å²) in [4.78, 5) is 12.3. The smallest absolute Gasteiger partial charge is 0.230 e. The number of benzene rings is 1. The predicted molar refractivity (Wildman–Crippen MR) is 95.8 cm³/mol. The Labute approximate surface area is 147 Å². The van der Waals surface area contributed by atoms with Crippen LogP contribution in [0.3, 0.4) is 0 Å². The number of carbonyl (C=O) groups excluding carboxylic acids is 1. The lowest BCUT2D eigenvalue weighted by Gasteiger charge is -2.23. The quantitative estimate of drug-likeness (QED) is 0.780. The number of carbonyl (C=O) groups is 1. The van der Waals surface area contributed by atoms with E-state index in [2.05, 4.69) is 72.8 Å². The molecule has 2 aromatic rings. The fourth-order valence-electron chi connectivity index (χ4n) is 2.41. The van der Waals surface area contributed by atoms with E-state index in [4.69, 9.17) is 0 Å². The van der Waals surface area contributed by atoms with Gasteiger partial charge in [-0.25, -0.2) is 4.68 Å². The monoisotopic (exact) mass is 347 g/mol. The molecule has 6 nitrogen and oxygen atoms in total. The number of nitrogens with one attached hydrogen (secondary N) is 1. The van der Waals surface area contributed by atoms with Crippen molar-refractivity contribution in [3.63, 3.8) is 0 Å². The molecule has 1 N–H and O–H groups in total. The maximum Gasteiger partial charge on any atom is 0.230 e. The minimum atomic E-state index is -0.0189. The number of aryl methyl sites for hydroxylation is 1. The first kappa shape index (κ1) is 18.4. The zero-order chi connectivity index (χ0) is 17.7. The summed E-state index contributed by atoms with van der Waals surface area (Å²) in [6, 6.07) is 8.50. The Kier molecular flexibility index (Phi) is 6.36. The summed E-state index contributed by atoms with van der Waals surface area (Å²) in [6.45, 7) is 8.58. The Morgan fingerprint density at radius 3 is 2.29 bits per heavy atom. The van der Waals surface area contributed by atoms with Gasteiger partial charge in [0, 0.05) is 7.05 Å². The van der Waals surface area contributed by atoms with Crippen LogP contribution in [-0.4, -0.2) is 31.9 Å². The molecule has 7 heteroatoms. The van der Waals surface area contributed by atoms with Crippen LogP contribution < -0.4 is 5.32 Å². The summed E-state index contributed by atoms with van der Waals surface area (Å²) in [5.74, 6) is 1.08. The lowest BCUT2D eigenvalue weighted by molar-refractivity contribution is -0.119. The molecule has 1 aromatic heterocycles. The normalized spacial score (nSPS) is 12.6. The molecule has 0 radical (unpaired) electrons. The standard InChI is InChI=1S/C17H25N5OS/c1-11(2)13-6-8-14(9-7-13)16(12(3)4)18-15(23)10-24-17-19-20-21-22(17)5/h6-9,11-12,16H,10H2,1-5H3,(H,18,23)/t16-/m1/s1. The van der Waals surface area contributed by atoms with Crippen molar-refractivity contribution in [1.29, 1.82) is 0 Å². The van der Waals surface area contributed by atoms with Crippen LogP contribution in [0.25, 0.3) is 0 Å². The van der Waals surface area contributed by atoms with E-state index < -0.39 is 0 Å². The van der Waals surface area contributed by atoms with E-state index in [9.17, 15) is 4.79 Å². The molecular formula is C17H25N5OS. The summed E-state index contributed by atoms with van der Waals surface area (Å²) < 4.78 is 1.56. The summed E-state index contributed by atoms with van der Waals surface area (Å²) in [6.07, 6.45) is 0. The lowest BCUT2D eigenvalue weighted by atomic mass is 9.93. The molecule has 2 rings (SSSR count). The first-order valence-corrected chi connectivity index (χ1v) is 9.11.